The molecule has 0 aromatic heterocycles. The van der Waals surface area contributed by atoms with Crippen LogP contribution in [0.15, 0.2) is 18.2 Å². The van der Waals surface area contributed by atoms with Crippen molar-refractivity contribution in [1.82, 2.24) is 0 Å². The van der Waals surface area contributed by atoms with Gasteiger partial charge in [-0.15, -0.1) is 0 Å². The smallest absolute Gasteiger partial charge is 0.101 e. The SMILES string of the molecule is CC(C)(C)C1CCN(c2ccc(Cl)cc2C#N)C1. The highest BCUT2D eigenvalue weighted by molar-refractivity contribution is 6.30. The van der Waals surface area contributed by atoms with Crippen LogP contribution in [0.3, 0.4) is 0 Å². The van der Waals surface area contributed by atoms with E-state index in [4.69, 9.17) is 11.6 Å². The predicted octanol–water partition coefficient (Wildman–Crippen LogP) is 4.08. The Morgan fingerprint density at radius 2 is 2.11 bits per heavy atom. The van der Waals surface area contributed by atoms with E-state index < -0.39 is 0 Å². The highest BCUT2D eigenvalue weighted by atomic mass is 35.5. The molecular weight excluding hydrogens is 244 g/mol. The Bertz CT molecular complexity index is 482. The van der Waals surface area contributed by atoms with E-state index in [0.29, 0.717) is 21.9 Å². The van der Waals surface area contributed by atoms with Gasteiger partial charge in [0.15, 0.2) is 0 Å². The Hall–Kier alpha value is -1.20. The average molecular weight is 263 g/mol. The number of halogens is 1. The zero-order chi connectivity index (χ0) is 13.3. The third kappa shape index (κ3) is 2.62. The lowest BCUT2D eigenvalue weighted by molar-refractivity contribution is 0.263. The maximum absolute atomic E-state index is 9.19. The Morgan fingerprint density at radius 3 is 2.67 bits per heavy atom. The summed E-state index contributed by atoms with van der Waals surface area (Å²) in [6, 6.07) is 7.82. The minimum atomic E-state index is 0.327. The average Bonchev–Trinajstić information content (AvgIpc) is 2.77. The van der Waals surface area contributed by atoms with Crippen molar-refractivity contribution in [2.75, 3.05) is 18.0 Å². The number of hydrogen-bond donors (Lipinski definition) is 0. The number of nitrogens with zero attached hydrogens (tertiary/aromatic N) is 2. The van der Waals surface area contributed by atoms with Crippen LogP contribution in [-0.2, 0) is 0 Å². The summed E-state index contributed by atoms with van der Waals surface area (Å²) in [6.07, 6.45) is 1.19. The Labute approximate surface area is 114 Å². The Kier molecular flexibility index (Phi) is 3.54. The molecule has 1 aliphatic rings. The molecule has 1 saturated heterocycles. The van der Waals surface area contributed by atoms with Crippen LogP contribution in [0.4, 0.5) is 5.69 Å². The van der Waals surface area contributed by atoms with Crippen molar-refractivity contribution in [3.63, 3.8) is 0 Å². The summed E-state index contributed by atoms with van der Waals surface area (Å²) in [6.45, 7) is 8.91. The molecule has 0 bridgehead atoms. The first-order valence-corrected chi connectivity index (χ1v) is 6.74. The highest BCUT2D eigenvalue weighted by Crippen LogP contribution is 2.36. The summed E-state index contributed by atoms with van der Waals surface area (Å²) in [7, 11) is 0. The number of nitriles is 1. The van der Waals surface area contributed by atoms with Gasteiger partial charge in [-0.05, 0) is 36.0 Å². The number of benzene rings is 1. The van der Waals surface area contributed by atoms with Gasteiger partial charge in [0.2, 0.25) is 0 Å². The van der Waals surface area contributed by atoms with Crippen LogP contribution in [-0.4, -0.2) is 13.1 Å². The minimum absolute atomic E-state index is 0.327. The molecule has 0 radical (unpaired) electrons. The van der Waals surface area contributed by atoms with Crippen molar-refractivity contribution in [3.8, 4) is 6.07 Å². The van der Waals surface area contributed by atoms with E-state index in [1.54, 1.807) is 6.07 Å². The van der Waals surface area contributed by atoms with Crippen molar-refractivity contribution < 1.29 is 0 Å². The van der Waals surface area contributed by atoms with Gasteiger partial charge >= 0.3 is 0 Å². The summed E-state index contributed by atoms with van der Waals surface area (Å²) >= 11 is 5.93. The van der Waals surface area contributed by atoms with Crippen molar-refractivity contribution in [3.05, 3.63) is 28.8 Å². The lowest BCUT2D eigenvalue weighted by Gasteiger charge is -2.27. The number of anilines is 1. The molecule has 1 fully saturated rings. The van der Waals surface area contributed by atoms with E-state index in [1.165, 1.54) is 6.42 Å². The fourth-order valence-electron chi connectivity index (χ4n) is 2.56. The molecule has 1 aliphatic heterocycles. The van der Waals surface area contributed by atoms with Crippen LogP contribution in [0.2, 0.25) is 5.02 Å². The summed E-state index contributed by atoms with van der Waals surface area (Å²) in [5, 5.41) is 9.82. The van der Waals surface area contributed by atoms with E-state index in [0.717, 1.165) is 18.8 Å². The van der Waals surface area contributed by atoms with Gasteiger partial charge in [-0.2, -0.15) is 5.26 Å². The largest absolute Gasteiger partial charge is 0.370 e. The monoisotopic (exact) mass is 262 g/mol. The molecule has 1 unspecified atom stereocenters. The molecule has 96 valence electrons. The van der Waals surface area contributed by atoms with E-state index in [-0.39, 0.29) is 0 Å². The normalized spacial score (nSPS) is 19.9. The molecule has 18 heavy (non-hydrogen) atoms. The molecular formula is C15H19ClN2. The fourth-order valence-corrected chi connectivity index (χ4v) is 2.73. The third-order valence-corrected chi connectivity index (χ3v) is 4.07. The molecule has 2 rings (SSSR count). The molecule has 0 saturated carbocycles. The second-order valence-corrected chi connectivity index (χ2v) is 6.51. The Balaban J connectivity index is 2.23. The summed E-state index contributed by atoms with van der Waals surface area (Å²) < 4.78 is 0. The van der Waals surface area contributed by atoms with Crippen molar-refractivity contribution in [1.29, 1.82) is 5.26 Å². The predicted molar refractivity (Wildman–Crippen MR) is 75.9 cm³/mol. The van der Waals surface area contributed by atoms with E-state index in [9.17, 15) is 5.26 Å². The standard InChI is InChI=1S/C15H19ClN2/c1-15(2,3)12-6-7-18(10-12)14-5-4-13(16)8-11(14)9-17/h4-5,8,12H,6-7,10H2,1-3H3. The molecule has 0 spiro atoms. The van der Waals surface area contributed by atoms with Crippen molar-refractivity contribution in [2.24, 2.45) is 11.3 Å². The second kappa shape index (κ2) is 4.82. The molecule has 1 aromatic rings. The maximum Gasteiger partial charge on any atom is 0.101 e. The van der Waals surface area contributed by atoms with Crippen molar-refractivity contribution >= 4 is 17.3 Å². The van der Waals surface area contributed by atoms with Crippen LogP contribution < -0.4 is 4.90 Å². The van der Waals surface area contributed by atoms with Crippen LogP contribution >= 0.6 is 11.6 Å². The van der Waals surface area contributed by atoms with Crippen LogP contribution in [0.1, 0.15) is 32.8 Å². The summed E-state index contributed by atoms with van der Waals surface area (Å²) in [5.41, 5.74) is 2.03. The van der Waals surface area contributed by atoms with Crippen LogP contribution in [0.25, 0.3) is 0 Å². The lowest BCUT2D eigenvalue weighted by Crippen LogP contribution is -2.26. The van der Waals surface area contributed by atoms with Gasteiger partial charge in [-0.25, -0.2) is 0 Å². The van der Waals surface area contributed by atoms with Gasteiger partial charge in [0.25, 0.3) is 0 Å². The van der Waals surface area contributed by atoms with E-state index in [2.05, 4.69) is 31.7 Å². The fraction of sp³-hybridized carbons (Fsp3) is 0.533. The lowest BCUT2D eigenvalue weighted by atomic mass is 9.80. The zero-order valence-electron chi connectivity index (χ0n) is 11.2. The zero-order valence-corrected chi connectivity index (χ0v) is 12.0. The molecule has 1 atom stereocenters. The number of rotatable bonds is 1. The van der Waals surface area contributed by atoms with Crippen molar-refractivity contribution in [2.45, 2.75) is 27.2 Å². The molecule has 0 aliphatic carbocycles. The highest BCUT2D eigenvalue weighted by Gasteiger charge is 2.32. The summed E-state index contributed by atoms with van der Waals surface area (Å²) in [4.78, 5) is 2.31. The minimum Gasteiger partial charge on any atom is -0.370 e. The van der Waals surface area contributed by atoms with Crippen LogP contribution in [0.5, 0.6) is 0 Å². The van der Waals surface area contributed by atoms with Gasteiger partial charge in [0, 0.05) is 18.1 Å². The van der Waals surface area contributed by atoms with E-state index in [1.807, 2.05) is 12.1 Å². The van der Waals surface area contributed by atoms with Gasteiger partial charge in [-0.1, -0.05) is 32.4 Å². The molecule has 0 N–H and O–H groups in total. The van der Waals surface area contributed by atoms with E-state index >= 15 is 0 Å². The van der Waals surface area contributed by atoms with Crippen LogP contribution in [0, 0.1) is 22.7 Å². The maximum atomic E-state index is 9.19. The van der Waals surface area contributed by atoms with Gasteiger partial charge in [0.1, 0.15) is 6.07 Å². The molecule has 1 aromatic carbocycles. The van der Waals surface area contributed by atoms with Gasteiger partial charge in [-0.3, -0.25) is 0 Å². The topological polar surface area (TPSA) is 27.0 Å². The van der Waals surface area contributed by atoms with Gasteiger partial charge in [0.05, 0.1) is 11.3 Å². The first-order valence-electron chi connectivity index (χ1n) is 6.36. The third-order valence-electron chi connectivity index (χ3n) is 3.83. The Morgan fingerprint density at radius 1 is 1.39 bits per heavy atom. The molecule has 1 heterocycles. The molecule has 0 amide bonds. The van der Waals surface area contributed by atoms with Gasteiger partial charge < -0.3 is 4.90 Å². The first-order chi connectivity index (χ1) is 8.41. The summed E-state index contributed by atoms with van der Waals surface area (Å²) in [5.74, 6) is 0.680. The molecule has 3 heteroatoms. The first kappa shape index (κ1) is 13.2. The molecule has 2 nitrogen and oxygen atoms in total. The quantitative estimate of drug-likeness (QED) is 0.762. The number of hydrogen-bond acceptors (Lipinski definition) is 2. The second-order valence-electron chi connectivity index (χ2n) is 6.07.